The van der Waals surface area contributed by atoms with Crippen LogP contribution in [-0.2, 0) is 6.42 Å². The Hall–Kier alpha value is -2.57. The van der Waals surface area contributed by atoms with E-state index in [9.17, 15) is 4.39 Å². The lowest BCUT2D eigenvalue weighted by Crippen LogP contribution is -2.09. The third-order valence-corrected chi connectivity index (χ3v) is 4.35. The zero-order chi connectivity index (χ0) is 19.2. The lowest BCUT2D eigenvalue weighted by molar-refractivity contribution is 0.381. The highest BCUT2D eigenvalue weighted by atomic mass is 35.5. The first kappa shape index (κ1) is 21.7. The summed E-state index contributed by atoms with van der Waals surface area (Å²) >= 11 is 6.07. The van der Waals surface area contributed by atoms with Gasteiger partial charge in [0, 0.05) is 28.8 Å². The Morgan fingerprint density at radius 1 is 1.04 bits per heavy atom. The van der Waals surface area contributed by atoms with E-state index in [-0.39, 0.29) is 24.2 Å². The summed E-state index contributed by atoms with van der Waals surface area (Å²) < 4.78 is 24.3. The lowest BCUT2D eigenvalue weighted by Gasteiger charge is -2.11. The van der Waals surface area contributed by atoms with Crippen molar-refractivity contribution in [1.82, 2.24) is 9.97 Å². The normalized spacial score (nSPS) is 10.1. The van der Waals surface area contributed by atoms with Gasteiger partial charge in [-0.1, -0.05) is 29.8 Å². The standard InChI is InChI=1S/C20H19ClFN3O2.ClH/c1-26-14-6-3-5-13(11-14)18-12-19(25-20(24-18)27-2)23-10-9-15-16(21)7-4-8-17(15)22;/h3-8,11-12H,9-10H2,1-2H3,(H,23,24,25);1H. The summed E-state index contributed by atoms with van der Waals surface area (Å²) in [6, 6.07) is 14.3. The van der Waals surface area contributed by atoms with Gasteiger partial charge in [0.15, 0.2) is 0 Å². The molecule has 0 aliphatic rings. The van der Waals surface area contributed by atoms with E-state index in [4.69, 9.17) is 21.1 Å². The van der Waals surface area contributed by atoms with Crippen LogP contribution in [0.2, 0.25) is 5.02 Å². The molecule has 0 saturated heterocycles. The molecule has 2 aromatic carbocycles. The number of aromatic nitrogens is 2. The summed E-state index contributed by atoms with van der Waals surface area (Å²) in [6.07, 6.45) is 0.423. The van der Waals surface area contributed by atoms with Gasteiger partial charge in [-0.2, -0.15) is 9.97 Å². The fraction of sp³-hybridized carbons (Fsp3) is 0.200. The quantitative estimate of drug-likeness (QED) is 0.577. The van der Waals surface area contributed by atoms with Crippen LogP contribution < -0.4 is 14.8 Å². The zero-order valence-electron chi connectivity index (χ0n) is 15.4. The number of methoxy groups -OCH3 is 2. The predicted octanol–water partition coefficient (Wildman–Crippen LogP) is 5.03. The summed E-state index contributed by atoms with van der Waals surface area (Å²) in [7, 11) is 3.12. The van der Waals surface area contributed by atoms with E-state index in [1.54, 1.807) is 25.3 Å². The van der Waals surface area contributed by atoms with Crippen LogP contribution in [0.15, 0.2) is 48.5 Å². The summed E-state index contributed by atoms with van der Waals surface area (Å²) in [6.45, 7) is 0.457. The monoisotopic (exact) mass is 423 g/mol. The van der Waals surface area contributed by atoms with Gasteiger partial charge in [0.1, 0.15) is 17.4 Å². The van der Waals surface area contributed by atoms with Crippen molar-refractivity contribution in [3.8, 4) is 23.0 Å². The maximum Gasteiger partial charge on any atom is 0.318 e. The van der Waals surface area contributed by atoms with Crippen LogP contribution in [0.1, 0.15) is 5.56 Å². The minimum absolute atomic E-state index is 0. The number of nitrogens with zero attached hydrogens (tertiary/aromatic N) is 2. The number of hydrogen-bond acceptors (Lipinski definition) is 5. The Morgan fingerprint density at radius 3 is 2.54 bits per heavy atom. The van der Waals surface area contributed by atoms with Crippen LogP contribution >= 0.6 is 24.0 Å². The maximum absolute atomic E-state index is 13.9. The Balaban J connectivity index is 0.00000280. The number of rotatable bonds is 7. The number of benzene rings is 2. The molecule has 0 fully saturated rings. The van der Waals surface area contributed by atoms with Crippen LogP contribution in [0.25, 0.3) is 11.3 Å². The Morgan fingerprint density at radius 2 is 1.82 bits per heavy atom. The van der Waals surface area contributed by atoms with Crippen LogP contribution in [0.5, 0.6) is 11.8 Å². The van der Waals surface area contributed by atoms with Crippen LogP contribution in [-0.4, -0.2) is 30.7 Å². The van der Waals surface area contributed by atoms with E-state index < -0.39 is 0 Å². The topological polar surface area (TPSA) is 56.3 Å². The first-order valence-corrected chi connectivity index (χ1v) is 8.72. The molecule has 1 heterocycles. The van der Waals surface area contributed by atoms with Crippen LogP contribution in [0.4, 0.5) is 10.2 Å². The van der Waals surface area contributed by atoms with Crippen molar-refractivity contribution < 1.29 is 13.9 Å². The van der Waals surface area contributed by atoms with Gasteiger partial charge in [-0.05, 0) is 30.7 Å². The second-order valence-corrected chi connectivity index (χ2v) is 6.14. The first-order chi connectivity index (χ1) is 13.1. The van der Waals surface area contributed by atoms with Gasteiger partial charge in [0.2, 0.25) is 0 Å². The lowest BCUT2D eigenvalue weighted by atomic mass is 10.1. The molecule has 0 aliphatic carbocycles. The average Bonchev–Trinajstić information content (AvgIpc) is 2.70. The maximum atomic E-state index is 13.9. The molecule has 0 spiro atoms. The molecule has 0 unspecified atom stereocenters. The van der Waals surface area contributed by atoms with Crippen molar-refractivity contribution in [2.75, 3.05) is 26.1 Å². The number of nitrogens with one attached hydrogen (secondary N) is 1. The van der Waals surface area contributed by atoms with Gasteiger partial charge in [0.25, 0.3) is 0 Å². The second-order valence-electron chi connectivity index (χ2n) is 5.73. The third-order valence-electron chi connectivity index (χ3n) is 4.00. The largest absolute Gasteiger partial charge is 0.497 e. The minimum Gasteiger partial charge on any atom is -0.497 e. The van der Waals surface area contributed by atoms with E-state index in [0.717, 1.165) is 11.3 Å². The van der Waals surface area contributed by atoms with Crippen LogP contribution in [0, 0.1) is 5.82 Å². The smallest absolute Gasteiger partial charge is 0.318 e. The molecule has 3 rings (SSSR count). The second kappa shape index (κ2) is 10.1. The molecule has 0 aliphatic heterocycles. The number of hydrogen-bond donors (Lipinski definition) is 1. The summed E-state index contributed by atoms with van der Waals surface area (Å²) in [5.74, 6) is 0.988. The highest BCUT2D eigenvalue weighted by molar-refractivity contribution is 6.31. The Bertz CT molecular complexity index is 921. The fourth-order valence-electron chi connectivity index (χ4n) is 2.62. The molecular weight excluding hydrogens is 404 g/mol. The summed E-state index contributed by atoms with van der Waals surface area (Å²) in [4.78, 5) is 8.68. The van der Waals surface area contributed by atoms with Gasteiger partial charge < -0.3 is 14.8 Å². The average molecular weight is 424 g/mol. The third kappa shape index (κ3) is 5.24. The number of anilines is 1. The molecule has 1 aromatic heterocycles. The molecule has 28 heavy (non-hydrogen) atoms. The Labute approximate surface area is 174 Å². The van der Waals surface area contributed by atoms with E-state index in [2.05, 4.69) is 15.3 Å². The van der Waals surface area contributed by atoms with E-state index >= 15 is 0 Å². The molecule has 0 amide bonds. The molecule has 0 radical (unpaired) electrons. The molecule has 1 N–H and O–H groups in total. The van der Waals surface area contributed by atoms with Crippen molar-refractivity contribution in [3.05, 3.63) is 64.9 Å². The number of halogens is 3. The van der Waals surface area contributed by atoms with Gasteiger partial charge in [0.05, 0.1) is 19.9 Å². The highest BCUT2D eigenvalue weighted by Gasteiger charge is 2.10. The van der Waals surface area contributed by atoms with Gasteiger partial charge in [-0.25, -0.2) is 4.39 Å². The predicted molar refractivity (Wildman–Crippen MR) is 111 cm³/mol. The van der Waals surface area contributed by atoms with Crippen molar-refractivity contribution in [1.29, 1.82) is 0 Å². The molecule has 3 aromatic rings. The molecule has 0 atom stereocenters. The van der Waals surface area contributed by atoms with Gasteiger partial charge in [-0.3, -0.25) is 0 Å². The van der Waals surface area contributed by atoms with E-state index in [0.29, 0.717) is 35.1 Å². The number of ether oxygens (including phenoxy) is 2. The first-order valence-electron chi connectivity index (χ1n) is 8.35. The van der Waals surface area contributed by atoms with Gasteiger partial charge >= 0.3 is 6.01 Å². The molecule has 0 saturated carbocycles. The Kier molecular flexibility index (Phi) is 7.84. The van der Waals surface area contributed by atoms with Crippen molar-refractivity contribution >= 4 is 29.8 Å². The molecule has 0 bridgehead atoms. The zero-order valence-corrected chi connectivity index (χ0v) is 17.0. The van der Waals surface area contributed by atoms with E-state index in [1.807, 2.05) is 24.3 Å². The highest BCUT2D eigenvalue weighted by Crippen LogP contribution is 2.26. The fourth-order valence-corrected chi connectivity index (χ4v) is 2.88. The summed E-state index contributed by atoms with van der Waals surface area (Å²) in [5.41, 5.74) is 2.03. The van der Waals surface area contributed by atoms with Crippen LogP contribution in [0.3, 0.4) is 0 Å². The van der Waals surface area contributed by atoms with E-state index in [1.165, 1.54) is 13.2 Å². The van der Waals surface area contributed by atoms with Crippen molar-refractivity contribution in [2.45, 2.75) is 6.42 Å². The molecule has 5 nitrogen and oxygen atoms in total. The molecular formula is C20H20Cl2FN3O2. The van der Waals surface area contributed by atoms with Crippen molar-refractivity contribution in [2.24, 2.45) is 0 Å². The SMILES string of the molecule is COc1cccc(-c2cc(NCCc3c(F)cccc3Cl)nc(OC)n2)c1.Cl. The minimum atomic E-state index is -0.318. The molecule has 8 heteroatoms. The molecule has 148 valence electrons. The van der Waals surface area contributed by atoms with Gasteiger partial charge in [-0.15, -0.1) is 12.4 Å². The van der Waals surface area contributed by atoms with Crippen molar-refractivity contribution in [3.63, 3.8) is 0 Å². The summed E-state index contributed by atoms with van der Waals surface area (Å²) in [5, 5.41) is 3.58.